The quantitative estimate of drug-likeness (QED) is 0.884. The maximum absolute atomic E-state index is 12.3. The van der Waals surface area contributed by atoms with E-state index in [9.17, 15) is 4.79 Å². The molecule has 0 radical (unpaired) electrons. The number of piperidine rings is 1. The molecule has 1 amide bonds. The lowest BCUT2D eigenvalue weighted by atomic mass is 9.92. The van der Waals surface area contributed by atoms with Crippen LogP contribution in [0, 0.1) is 5.92 Å². The third-order valence-corrected chi connectivity index (χ3v) is 3.77. The highest BCUT2D eigenvalue weighted by Gasteiger charge is 2.27. The van der Waals surface area contributed by atoms with Crippen LogP contribution in [0.4, 0.5) is 5.69 Å². The van der Waals surface area contributed by atoms with E-state index in [0.29, 0.717) is 5.92 Å². The number of carbonyl (C=O) groups is 1. The average molecular weight is 275 g/mol. The first kappa shape index (κ1) is 15.0. The Morgan fingerprint density at radius 1 is 1.35 bits per heavy atom. The predicted octanol–water partition coefficient (Wildman–Crippen LogP) is 2.07. The summed E-state index contributed by atoms with van der Waals surface area (Å²) in [5, 5.41) is 6.32. The summed E-state index contributed by atoms with van der Waals surface area (Å²) in [5.41, 5.74) is 2.12. The van der Waals surface area contributed by atoms with E-state index in [1.54, 1.807) is 0 Å². The molecule has 110 valence electrons. The number of nitrogens with zero attached hydrogens (tertiary/aromatic N) is 1. The number of carbonyl (C=O) groups excluding carboxylic acids is 1. The molecular formula is C16H25N3O. The molecule has 4 heteroatoms. The Balaban J connectivity index is 1.93. The van der Waals surface area contributed by atoms with Crippen molar-refractivity contribution in [3.05, 3.63) is 29.8 Å². The normalized spacial score (nSPS) is 22.8. The van der Waals surface area contributed by atoms with Gasteiger partial charge in [0.1, 0.15) is 0 Å². The van der Waals surface area contributed by atoms with Crippen LogP contribution in [0.15, 0.2) is 24.3 Å². The van der Waals surface area contributed by atoms with Gasteiger partial charge in [-0.2, -0.15) is 0 Å². The molecule has 1 aromatic rings. The van der Waals surface area contributed by atoms with Crippen LogP contribution in [0.25, 0.3) is 0 Å². The van der Waals surface area contributed by atoms with Crippen LogP contribution in [0.1, 0.15) is 25.3 Å². The molecule has 0 aliphatic carbocycles. The number of hydrogen-bond donors (Lipinski definition) is 2. The molecule has 4 nitrogen and oxygen atoms in total. The first-order chi connectivity index (χ1) is 9.56. The lowest BCUT2D eigenvalue weighted by Crippen LogP contribution is -2.48. The lowest BCUT2D eigenvalue weighted by molar-refractivity contribution is -0.119. The zero-order valence-electron chi connectivity index (χ0n) is 12.6. The van der Waals surface area contributed by atoms with E-state index in [1.807, 2.05) is 26.2 Å². The van der Waals surface area contributed by atoms with Gasteiger partial charge in [0.05, 0.1) is 6.04 Å². The highest BCUT2D eigenvalue weighted by Crippen LogP contribution is 2.18. The zero-order chi connectivity index (χ0) is 14.5. The first-order valence-electron chi connectivity index (χ1n) is 7.34. The standard InChI is InChI=1S/C16H25N3O/c1-12-5-4-10-17-15(12)16(20)18-14-8-6-13(7-9-14)11-19(2)3/h6-9,12,15,17H,4-5,10-11H2,1-3H3,(H,18,20). The highest BCUT2D eigenvalue weighted by atomic mass is 16.2. The van der Waals surface area contributed by atoms with Crippen molar-refractivity contribution in [3.8, 4) is 0 Å². The molecule has 2 unspecified atom stereocenters. The van der Waals surface area contributed by atoms with Gasteiger partial charge in [0.2, 0.25) is 5.91 Å². The highest BCUT2D eigenvalue weighted by molar-refractivity contribution is 5.95. The van der Waals surface area contributed by atoms with E-state index in [4.69, 9.17) is 0 Å². The fourth-order valence-electron chi connectivity index (χ4n) is 2.68. The molecule has 0 spiro atoms. The van der Waals surface area contributed by atoms with Crippen molar-refractivity contribution in [2.45, 2.75) is 32.4 Å². The monoisotopic (exact) mass is 275 g/mol. The van der Waals surface area contributed by atoms with Gasteiger partial charge in [0, 0.05) is 12.2 Å². The van der Waals surface area contributed by atoms with Gasteiger partial charge in [-0.3, -0.25) is 4.79 Å². The minimum Gasteiger partial charge on any atom is -0.325 e. The molecule has 1 saturated heterocycles. The Labute approximate surface area is 121 Å². The Bertz CT molecular complexity index is 442. The van der Waals surface area contributed by atoms with Gasteiger partial charge in [0.25, 0.3) is 0 Å². The van der Waals surface area contributed by atoms with Gasteiger partial charge in [-0.15, -0.1) is 0 Å². The third kappa shape index (κ3) is 4.05. The van der Waals surface area contributed by atoms with E-state index >= 15 is 0 Å². The van der Waals surface area contributed by atoms with Crippen LogP contribution in [0.2, 0.25) is 0 Å². The molecule has 2 rings (SSSR count). The number of anilines is 1. The molecule has 0 saturated carbocycles. The smallest absolute Gasteiger partial charge is 0.241 e. The van der Waals surface area contributed by atoms with Crippen molar-refractivity contribution in [3.63, 3.8) is 0 Å². The van der Waals surface area contributed by atoms with E-state index in [2.05, 4.69) is 34.6 Å². The summed E-state index contributed by atoms with van der Waals surface area (Å²) >= 11 is 0. The van der Waals surface area contributed by atoms with E-state index < -0.39 is 0 Å². The van der Waals surface area contributed by atoms with Gasteiger partial charge in [-0.1, -0.05) is 19.1 Å². The van der Waals surface area contributed by atoms with Crippen LogP contribution in [-0.2, 0) is 11.3 Å². The first-order valence-corrected chi connectivity index (χ1v) is 7.34. The largest absolute Gasteiger partial charge is 0.325 e. The molecule has 1 aliphatic heterocycles. The van der Waals surface area contributed by atoms with Crippen LogP contribution >= 0.6 is 0 Å². The third-order valence-electron chi connectivity index (χ3n) is 3.77. The Hall–Kier alpha value is -1.39. The van der Waals surface area contributed by atoms with Gasteiger partial charge < -0.3 is 15.5 Å². The minimum absolute atomic E-state index is 0.0646. The SMILES string of the molecule is CC1CCCNC1C(=O)Nc1ccc(CN(C)C)cc1. The molecule has 1 heterocycles. The molecule has 1 aromatic carbocycles. The Kier molecular flexibility index (Phi) is 5.15. The molecule has 1 fully saturated rings. The summed E-state index contributed by atoms with van der Waals surface area (Å²) in [4.78, 5) is 14.4. The summed E-state index contributed by atoms with van der Waals surface area (Å²) in [6, 6.07) is 8.01. The minimum atomic E-state index is -0.0646. The van der Waals surface area contributed by atoms with Crippen LogP contribution < -0.4 is 10.6 Å². The molecule has 0 aromatic heterocycles. The maximum Gasteiger partial charge on any atom is 0.241 e. The number of rotatable bonds is 4. The van der Waals surface area contributed by atoms with Gasteiger partial charge in [0.15, 0.2) is 0 Å². The van der Waals surface area contributed by atoms with Crippen LogP contribution in [0.3, 0.4) is 0 Å². The number of benzene rings is 1. The van der Waals surface area contributed by atoms with Crippen molar-refractivity contribution in [1.82, 2.24) is 10.2 Å². The van der Waals surface area contributed by atoms with Crippen LogP contribution in [0.5, 0.6) is 0 Å². The van der Waals surface area contributed by atoms with Crippen molar-refractivity contribution < 1.29 is 4.79 Å². The topological polar surface area (TPSA) is 44.4 Å². The molecule has 20 heavy (non-hydrogen) atoms. The predicted molar refractivity (Wildman–Crippen MR) is 82.7 cm³/mol. The second-order valence-corrected chi connectivity index (χ2v) is 5.98. The lowest BCUT2D eigenvalue weighted by Gasteiger charge is -2.28. The van der Waals surface area contributed by atoms with Crippen molar-refractivity contribution in [1.29, 1.82) is 0 Å². The van der Waals surface area contributed by atoms with Crippen molar-refractivity contribution >= 4 is 11.6 Å². The maximum atomic E-state index is 12.3. The fourth-order valence-corrected chi connectivity index (χ4v) is 2.68. The summed E-state index contributed by atoms with van der Waals surface area (Å²) < 4.78 is 0. The fraction of sp³-hybridized carbons (Fsp3) is 0.562. The Morgan fingerprint density at radius 2 is 2.05 bits per heavy atom. The van der Waals surface area contributed by atoms with Crippen molar-refractivity contribution in [2.75, 3.05) is 26.0 Å². The molecular weight excluding hydrogens is 250 g/mol. The van der Waals surface area contributed by atoms with Crippen molar-refractivity contribution in [2.24, 2.45) is 5.92 Å². The van der Waals surface area contributed by atoms with Gasteiger partial charge >= 0.3 is 0 Å². The summed E-state index contributed by atoms with van der Waals surface area (Å²) in [5.74, 6) is 0.481. The summed E-state index contributed by atoms with van der Waals surface area (Å²) in [6.45, 7) is 3.98. The second kappa shape index (κ2) is 6.86. The Morgan fingerprint density at radius 3 is 2.65 bits per heavy atom. The van der Waals surface area contributed by atoms with E-state index in [-0.39, 0.29) is 11.9 Å². The molecule has 0 bridgehead atoms. The average Bonchev–Trinajstić information content (AvgIpc) is 2.41. The number of amides is 1. The van der Waals surface area contributed by atoms with E-state index in [1.165, 1.54) is 5.56 Å². The summed E-state index contributed by atoms with van der Waals surface area (Å²) in [6.07, 6.45) is 2.27. The zero-order valence-corrected chi connectivity index (χ0v) is 12.6. The molecule has 2 N–H and O–H groups in total. The van der Waals surface area contributed by atoms with Gasteiger partial charge in [-0.05, 0) is 57.1 Å². The number of hydrogen-bond acceptors (Lipinski definition) is 3. The van der Waals surface area contributed by atoms with E-state index in [0.717, 1.165) is 31.6 Å². The van der Waals surface area contributed by atoms with Crippen LogP contribution in [-0.4, -0.2) is 37.5 Å². The number of nitrogens with one attached hydrogen (secondary N) is 2. The van der Waals surface area contributed by atoms with Gasteiger partial charge in [-0.25, -0.2) is 0 Å². The molecule has 2 atom stereocenters. The summed E-state index contributed by atoms with van der Waals surface area (Å²) in [7, 11) is 4.09. The molecule has 1 aliphatic rings. The second-order valence-electron chi connectivity index (χ2n) is 5.98.